The number of aliphatic hydroxyl groups excluding tert-OH is 2. The number of hydrogen-bond acceptors (Lipinski definition) is 11. The molecule has 12 heteroatoms. The molecule has 0 amide bonds. The molecule has 2 N–H and O–H groups in total. The number of ether oxygens (including phenoxy) is 2. The number of pyridine rings is 1. The number of hydrogen-bond donors (Lipinski definition) is 2. The van der Waals surface area contributed by atoms with Gasteiger partial charge < -0.3 is 24.6 Å². The number of aromatic nitrogens is 2. The second kappa shape index (κ2) is 12.3. The SMILES string of the molecule is N#Cc1c(SCc2csc(-c3ccc(Cl)cc3)n2)nc(N2CC(O)C2)c(C#N)c1-c1ccc(OC2COCC2O)cc1. The lowest BCUT2D eigenvalue weighted by Crippen LogP contribution is -2.51. The molecule has 9 nitrogen and oxygen atoms in total. The minimum Gasteiger partial charge on any atom is -0.485 e. The molecule has 2 aliphatic rings. The van der Waals surface area contributed by atoms with Gasteiger partial charge in [-0.05, 0) is 29.8 Å². The highest BCUT2D eigenvalue weighted by atomic mass is 35.5. The van der Waals surface area contributed by atoms with Crippen LogP contribution in [0.15, 0.2) is 58.9 Å². The van der Waals surface area contributed by atoms with E-state index in [4.69, 9.17) is 31.0 Å². The van der Waals surface area contributed by atoms with Crippen molar-refractivity contribution in [2.75, 3.05) is 31.2 Å². The quantitative estimate of drug-likeness (QED) is 0.263. The van der Waals surface area contributed by atoms with Crippen molar-refractivity contribution in [1.29, 1.82) is 10.5 Å². The van der Waals surface area contributed by atoms with Crippen molar-refractivity contribution < 1.29 is 19.7 Å². The lowest BCUT2D eigenvalue weighted by atomic mass is 9.95. The van der Waals surface area contributed by atoms with Gasteiger partial charge in [0.2, 0.25) is 0 Å². The largest absolute Gasteiger partial charge is 0.485 e. The first-order valence-corrected chi connectivity index (χ1v) is 15.3. The second-order valence-corrected chi connectivity index (χ2v) is 12.1. The molecule has 0 aliphatic carbocycles. The molecular formula is C30H24ClN5O4S2. The summed E-state index contributed by atoms with van der Waals surface area (Å²) in [5.74, 6) is 1.45. The third-order valence-corrected chi connectivity index (χ3v) is 9.16. The molecule has 2 aromatic heterocycles. The maximum absolute atomic E-state index is 10.3. The third-order valence-electron chi connectivity index (χ3n) is 6.96. The van der Waals surface area contributed by atoms with Gasteiger partial charge in [0.05, 0.1) is 30.6 Å². The van der Waals surface area contributed by atoms with Crippen molar-refractivity contribution in [2.45, 2.75) is 29.1 Å². The second-order valence-electron chi connectivity index (χ2n) is 9.87. The predicted octanol–water partition coefficient (Wildman–Crippen LogP) is 4.88. The summed E-state index contributed by atoms with van der Waals surface area (Å²) in [6.45, 7) is 1.24. The number of benzene rings is 2. The number of halogens is 1. The summed E-state index contributed by atoms with van der Waals surface area (Å²) in [6, 6.07) is 19.1. The van der Waals surface area contributed by atoms with Crippen LogP contribution in [-0.4, -0.2) is 64.8 Å². The Morgan fingerprint density at radius 3 is 2.36 bits per heavy atom. The summed E-state index contributed by atoms with van der Waals surface area (Å²) < 4.78 is 11.1. The standard InChI is InChI=1S/C30H24ClN5O4S2/c31-19-5-1-18(2-6-19)29-34-20(15-41-29)16-42-30-24(10-33)27(23(9-32)28(35-30)36-11-21(37)12-36)17-3-7-22(8-4-17)40-26-14-39-13-25(26)38/h1-8,15,21,25-26,37-38H,11-14,16H2. The van der Waals surface area contributed by atoms with Crippen LogP contribution in [0.3, 0.4) is 0 Å². The Hall–Kier alpha value is -3.68. The zero-order chi connectivity index (χ0) is 29.2. The van der Waals surface area contributed by atoms with Crippen LogP contribution in [0.1, 0.15) is 16.8 Å². The average molecular weight is 618 g/mol. The molecule has 0 spiro atoms. The van der Waals surface area contributed by atoms with Gasteiger partial charge in [-0.1, -0.05) is 47.6 Å². The molecule has 2 atom stereocenters. The number of anilines is 1. The lowest BCUT2D eigenvalue weighted by Gasteiger charge is -2.37. The Bertz CT molecular complexity index is 1680. The molecule has 42 heavy (non-hydrogen) atoms. The molecule has 0 bridgehead atoms. The molecule has 0 radical (unpaired) electrons. The molecule has 2 aliphatic heterocycles. The molecule has 2 fully saturated rings. The number of rotatable bonds is 8. The Balaban J connectivity index is 1.32. The van der Waals surface area contributed by atoms with E-state index in [0.29, 0.717) is 63.8 Å². The molecule has 6 rings (SSSR count). The summed E-state index contributed by atoms with van der Waals surface area (Å²) in [7, 11) is 0. The number of aliphatic hydroxyl groups is 2. The van der Waals surface area contributed by atoms with Crippen molar-refractivity contribution >= 4 is 40.5 Å². The first kappa shape index (κ1) is 28.4. The van der Waals surface area contributed by atoms with Crippen molar-refractivity contribution in [3.63, 3.8) is 0 Å². The van der Waals surface area contributed by atoms with Crippen LogP contribution in [0.5, 0.6) is 5.75 Å². The van der Waals surface area contributed by atoms with Crippen LogP contribution in [0.2, 0.25) is 5.02 Å². The van der Waals surface area contributed by atoms with Crippen molar-refractivity contribution in [1.82, 2.24) is 9.97 Å². The number of nitriles is 2. The van der Waals surface area contributed by atoms with Gasteiger partial charge in [0.25, 0.3) is 0 Å². The molecule has 4 heterocycles. The Morgan fingerprint density at radius 1 is 1.00 bits per heavy atom. The van der Waals surface area contributed by atoms with Gasteiger partial charge in [0.15, 0.2) is 0 Å². The van der Waals surface area contributed by atoms with Gasteiger partial charge in [-0.2, -0.15) is 10.5 Å². The molecule has 2 unspecified atom stereocenters. The highest BCUT2D eigenvalue weighted by Gasteiger charge is 2.32. The smallest absolute Gasteiger partial charge is 0.150 e. The van der Waals surface area contributed by atoms with Crippen LogP contribution in [0, 0.1) is 22.7 Å². The van der Waals surface area contributed by atoms with Crippen LogP contribution in [0.25, 0.3) is 21.7 Å². The van der Waals surface area contributed by atoms with Crippen LogP contribution < -0.4 is 9.64 Å². The lowest BCUT2D eigenvalue weighted by molar-refractivity contribution is 0.0733. The molecule has 2 aromatic carbocycles. The van der Waals surface area contributed by atoms with E-state index in [2.05, 4.69) is 12.1 Å². The fourth-order valence-electron chi connectivity index (χ4n) is 4.76. The Morgan fingerprint density at radius 2 is 1.71 bits per heavy atom. The number of thioether (sulfide) groups is 1. The van der Waals surface area contributed by atoms with Crippen molar-refractivity contribution in [2.24, 2.45) is 0 Å². The average Bonchev–Trinajstić information content (AvgIpc) is 3.63. The fourth-order valence-corrected chi connectivity index (χ4v) is 6.70. The van der Waals surface area contributed by atoms with Crippen LogP contribution in [0.4, 0.5) is 5.82 Å². The summed E-state index contributed by atoms with van der Waals surface area (Å²) in [5.41, 5.74) is 3.51. The van der Waals surface area contributed by atoms with Gasteiger partial charge in [-0.25, -0.2) is 9.97 Å². The highest BCUT2D eigenvalue weighted by Crippen LogP contribution is 2.40. The first-order chi connectivity index (χ1) is 20.4. The monoisotopic (exact) mass is 617 g/mol. The van der Waals surface area contributed by atoms with Gasteiger partial charge >= 0.3 is 0 Å². The normalized spacial score (nSPS) is 18.4. The van der Waals surface area contributed by atoms with Gasteiger partial charge in [-0.3, -0.25) is 0 Å². The summed E-state index contributed by atoms with van der Waals surface area (Å²) in [4.78, 5) is 11.4. The van der Waals surface area contributed by atoms with Gasteiger partial charge in [0, 0.05) is 40.4 Å². The molecular weight excluding hydrogens is 594 g/mol. The van der Waals surface area contributed by atoms with E-state index in [1.54, 1.807) is 24.3 Å². The van der Waals surface area contributed by atoms with Gasteiger partial charge in [-0.15, -0.1) is 11.3 Å². The van der Waals surface area contributed by atoms with Crippen LogP contribution >= 0.6 is 34.7 Å². The summed E-state index contributed by atoms with van der Waals surface area (Å²) in [5, 5.41) is 44.5. The molecule has 212 valence electrons. The van der Waals surface area contributed by atoms with E-state index in [-0.39, 0.29) is 12.2 Å². The zero-order valence-electron chi connectivity index (χ0n) is 22.1. The van der Waals surface area contributed by atoms with Crippen LogP contribution in [-0.2, 0) is 10.5 Å². The van der Waals surface area contributed by atoms with E-state index in [0.717, 1.165) is 16.3 Å². The molecule has 0 saturated carbocycles. The van der Waals surface area contributed by atoms with E-state index in [9.17, 15) is 20.7 Å². The maximum Gasteiger partial charge on any atom is 0.150 e. The topological polar surface area (TPSA) is 136 Å². The van der Waals surface area contributed by atoms with Crippen molar-refractivity contribution in [3.8, 4) is 39.6 Å². The Labute approximate surface area is 255 Å². The summed E-state index contributed by atoms with van der Waals surface area (Å²) in [6.07, 6.45) is -1.66. The van der Waals surface area contributed by atoms with E-state index < -0.39 is 18.3 Å². The number of thiazole rings is 1. The van der Waals surface area contributed by atoms with E-state index >= 15 is 0 Å². The minimum atomic E-state index is -0.700. The summed E-state index contributed by atoms with van der Waals surface area (Å²) >= 11 is 8.93. The predicted molar refractivity (Wildman–Crippen MR) is 161 cm³/mol. The number of nitrogens with zero attached hydrogens (tertiary/aromatic N) is 5. The highest BCUT2D eigenvalue weighted by molar-refractivity contribution is 7.98. The van der Waals surface area contributed by atoms with Gasteiger partial charge in [0.1, 0.15) is 51.5 Å². The molecule has 2 saturated heterocycles. The first-order valence-electron chi connectivity index (χ1n) is 13.1. The van der Waals surface area contributed by atoms with E-state index in [1.165, 1.54) is 23.1 Å². The number of β-amino-alcohol motifs (C(OH)–C–C–N with tert-alkyl or cyclic N) is 1. The minimum absolute atomic E-state index is 0.231. The molecule has 4 aromatic rings. The van der Waals surface area contributed by atoms with E-state index in [1.807, 2.05) is 34.5 Å². The zero-order valence-corrected chi connectivity index (χ0v) is 24.5. The fraction of sp³-hybridized carbons (Fsp3) is 0.267. The maximum atomic E-state index is 10.3. The third kappa shape index (κ3) is 5.81. The van der Waals surface area contributed by atoms with Crippen molar-refractivity contribution in [3.05, 3.63) is 75.8 Å². The Kier molecular flexibility index (Phi) is 8.31.